The topological polar surface area (TPSA) is 87.3 Å². The Kier molecular flexibility index (Phi) is 6.96. The molecule has 1 fully saturated rings. The second kappa shape index (κ2) is 10.2. The Labute approximate surface area is 207 Å². The third-order valence-electron chi connectivity index (χ3n) is 6.94. The van der Waals surface area contributed by atoms with Crippen LogP contribution < -0.4 is 5.32 Å². The first-order valence-electron chi connectivity index (χ1n) is 12.0. The number of alkyl halides is 2. The number of hydrogen-bond donors (Lipinski definition) is 2. The number of nitrogens with zero attached hydrogens (tertiary/aromatic N) is 5. The average Bonchev–Trinajstić information content (AvgIpc) is 3.50. The maximum absolute atomic E-state index is 14.7. The highest BCUT2D eigenvalue weighted by Gasteiger charge is 2.38. The zero-order valence-corrected chi connectivity index (χ0v) is 20.1. The third-order valence-corrected chi connectivity index (χ3v) is 6.94. The van der Waals surface area contributed by atoms with Crippen molar-refractivity contribution in [2.45, 2.75) is 44.5 Å². The van der Waals surface area contributed by atoms with Gasteiger partial charge in [-0.05, 0) is 31.8 Å². The number of ether oxygens (including phenoxy) is 1. The molecule has 0 saturated carbocycles. The number of aliphatic hydroxyl groups is 1. The molecule has 0 spiro atoms. The first-order valence-corrected chi connectivity index (χ1v) is 12.0. The van der Waals surface area contributed by atoms with Crippen molar-refractivity contribution in [2.24, 2.45) is 23.1 Å². The molecule has 192 valence electrons. The Morgan fingerprint density at radius 3 is 2.64 bits per heavy atom. The smallest absolute Gasteiger partial charge is 0.266 e. The van der Waals surface area contributed by atoms with E-state index in [9.17, 15) is 18.3 Å². The standard InChI is InChI=1S/C25H29F3N6O2/c1-14(17-4-3-5-18(22(17)26)23(27)28)30-25(35)19-10-20(16-11-29-33(2)12-16)32-34-13-21(31-24(19)34)15-6-8-36-9-7-15/h3-5,10-12,14-15,21,23,25,30,35H,6-9,13H2,1-2H3/t14-,21+,25?/m1/s1. The van der Waals surface area contributed by atoms with E-state index in [1.54, 1.807) is 28.9 Å². The highest BCUT2D eigenvalue weighted by molar-refractivity contribution is 6.16. The van der Waals surface area contributed by atoms with Crippen LogP contribution in [0.3, 0.4) is 0 Å². The summed E-state index contributed by atoms with van der Waals surface area (Å²) in [6, 6.07) is 3.15. The number of allylic oxidation sites excluding steroid dienone is 1. The van der Waals surface area contributed by atoms with E-state index in [0.29, 0.717) is 42.8 Å². The van der Waals surface area contributed by atoms with Gasteiger partial charge >= 0.3 is 0 Å². The number of fused-ring (bicyclic) bond motifs is 1. The molecule has 0 aliphatic carbocycles. The minimum Gasteiger partial charge on any atom is -0.381 e. The SMILES string of the molecule is C[C@@H](NC(O)C1=CC(c2cnn(C)c2)=NN2C[C@@H](C3CCOCC3)N=C12)c1cccc(C(F)F)c1F. The van der Waals surface area contributed by atoms with Crippen molar-refractivity contribution >= 4 is 11.5 Å². The lowest BCUT2D eigenvalue weighted by Gasteiger charge is -2.28. The number of nitrogens with one attached hydrogen (secondary N) is 1. The summed E-state index contributed by atoms with van der Waals surface area (Å²) in [7, 11) is 1.81. The predicted octanol–water partition coefficient (Wildman–Crippen LogP) is 3.32. The zero-order chi connectivity index (χ0) is 25.4. The van der Waals surface area contributed by atoms with E-state index in [0.717, 1.165) is 24.5 Å². The van der Waals surface area contributed by atoms with Crippen molar-refractivity contribution in [1.82, 2.24) is 20.1 Å². The lowest BCUT2D eigenvalue weighted by Crippen LogP contribution is -2.41. The normalized spacial score (nSPS) is 22.2. The molecule has 1 unspecified atom stereocenters. The van der Waals surface area contributed by atoms with Gasteiger partial charge in [-0.25, -0.2) is 18.2 Å². The number of aliphatic imine (C=N–C) groups is 1. The number of aromatic nitrogens is 2. The molecule has 2 N–H and O–H groups in total. The van der Waals surface area contributed by atoms with Gasteiger partial charge in [0.2, 0.25) is 0 Å². The van der Waals surface area contributed by atoms with Gasteiger partial charge in [0.1, 0.15) is 12.0 Å². The maximum Gasteiger partial charge on any atom is 0.266 e. The highest BCUT2D eigenvalue weighted by Crippen LogP contribution is 2.32. The highest BCUT2D eigenvalue weighted by atomic mass is 19.3. The summed E-state index contributed by atoms with van der Waals surface area (Å²) in [5.74, 6) is -0.0761. The number of benzene rings is 1. The number of hydrogen-bond acceptors (Lipinski definition) is 7. The monoisotopic (exact) mass is 502 g/mol. The van der Waals surface area contributed by atoms with Crippen LogP contribution in [0, 0.1) is 11.7 Å². The molecular weight excluding hydrogens is 473 g/mol. The van der Waals surface area contributed by atoms with Crippen LogP contribution in [-0.4, -0.2) is 63.5 Å². The maximum atomic E-state index is 14.7. The Morgan fingerprint density at radius 2 is 1.94 bits per heavy atom. The molecule has 0 radical (unpaired) electrons. The minimum atomic E-state index is -2.93. The van der Waals surface area contributed by atoms with Gasteiger partial charge < -0.3 is 9.84 Å². The summed E-state index contributed by atoms with van der Waals surface area (Å²) in [6.07, 6.45) is 2.91. The molecule has 36 heavy (non-hydrogen) atoms. The van der Waals surface area contributed by atoms with Crippen LogP contribution >= 0.6 is 0 Å². The Hall–Kier alpha value is -3.02. The van der Waals surface area contributed by atoms with Gasteiger partial charge in [0.25, 0.3) is 6.43 Å². The van der Waals surface area contributed by atoms with E-state index in [4.69, 9.17) is 14.8 Å². The van der Waals surface area contributed by atoms with Gasteiger partial charge in [-0.3, -0.25) is 15.0 Å². The van der Waals surface area contributed by atoms with E-state index in [1.165, 1.54) is 12.1 Å². The van der Waals surface area contributed by atoms with Gasteiger partial charge in [-0.2, -0.15) is 10.2 Å². The van der Waals surface area contributed by atoms with E-state index < -0.39 is 30.1 Å². The van der Waals surface area contributed by atoms with Crippen LogP contribution in [-0.2, 0) is 11.8 Å². The summed E-state index contributed by atoms with van der Waals surface area (Å²) in [6.45, 7) is 3.59. The van der Waals surface area contributed by atoms with Crippen LogP contribution in [0.1, 0.15) is 48.9 Å². The first-order chi connectivity index (χ1) is 17.3. The van der Waals surface area contributed by atoms with Gasteiger partial charge in [-0.15, -0.1) is 0 Å². The molecular formula is C25H29F3N6O2. The molecule has 2 aromatic rings. The van der Waals surface area contributed by atoms with Crippen molar-refractivity contribution in [3.8, 4) is 0 Å². The summed E-state index contributed by atoms with van der Waals surface area (Å²) in [4.78, 5) is 4.92. The quantitative estimate of drug-likeness (QED) is 0.568. The number of halogens is 3. The predicted molar refractivity (Wildman–Crippen MR) is 128 cm³/mol. The molecule has 1 aromatic heterocycles. The number of amidine groups is 1. The van der Waals surface area contributed by atoms with Crippen molar-refractivity contribution < 1.29 is 23.0 Å². The van der Waals surface area contributed by atoms with Crippen molar-refractivity contribution in [3.63, 3.8) is 0 Å². The lowest BCUT2D eigenvalue weighted by atomic mass is 9.92. The fourth-order valence-electron chi connectivity index (χ4n) is 4.95. The average molecular weight is 503 g/mol. The van der Waals surface area contributed by atoms with E-state index in [-0.39, 0.29) is 11.6 Å². The first kappa shape index (κ1) is 24.7. The number of aliphatic hydroxyl groups excluding tert-OH is 1. The Bertz CT molecular complexity index is 1200. The van der Waals surface area contributed by atoms with Crippen LogP contribution in [0.4, 0.5) is 13.2 Å². The van der Waals surface area contributed by atoms with Crippen molar-refractivity contribution in [1.29, 1.82) is 0 Å². The molecule has 11 heteroatoms. The van der Waals surface area contributed by atoms with Gasteiger partial charge in [0, 0.05) is 49.2 Å². The molecule has 3 atom stereocenters. The van der Waals surface area contributed by atoms with Crippen molar-refractivity contribution in [3.05, 3.63) is 64.7 Å². The number of rotatable bonds is 7. The van der Waals surface area contributed by atoms with E-state index >= 15 is 0 Å². The van der Waals surface area contributed by atoms with Crippen LogP contribution in [0.25, 0.3) is 0 Å². The fourth-order valence-corrected chi connectivity index (χ4v) is 4.95. The summed E-state index contributed by atoms with van der Waals surface area (Å²) in [5, 5.41) is 25.0. The fraction of sp³-hybridized carbons (Fsp3) is 0.480. The van der Waals surface area contributed by atoms with Gasteiger partial charge in [0.15, 0.2) is 5.84 Å². The molecule has 0 amide bonds. The van der Waals surface area contributed by atoms with Crippen LogP contribution in [0.5, 0.6) is 0 Å². The lowest BCUT2D eigenvalue weighted by molar-refractivity contribution is 0.0583. The van der Waals surface area contributed by atoms with Crippen LogP contribution in [0.2, 0.25) is 0 Å². The van der Waals surface area contributed by atoms with E-state index in [2.05, 4.69) is 10.4 Å². The van der Waals surface area contributed by atoms with Crippen molar-refractivity contribution in [2.75, 3.05) is 19.8 Å². The molecule has 4 heterocycles. The summed E-state index contributed by atoms with van der Waals surface area (Å²) >= 11 is 0. The molecule has 5 rings (SSSR count). The van der Waals surface area contributed by atoms with Crippen LogP contribution in [0.15, 0.2) is 52.3 Å². The summed E-state index contributed by atoms with van der Waals surface area (Å²) < 4.78 is 48.3. The van der Waals surface area contributed by atoms with Gasteiger partial charge in [-0.1, -0.05) is 18.2 Å². The molecule has 3 aliphatic rings. The molecule has 8 nitrogen and oxygen atoms in total. The largest absolute Gasteiger partial charge is 0.381 e. The molecule has 3 aliphatic heterocycles. The zero-order valence-electron chi connectivity index (χ0n) is 20.1. The second-order valence-corrected chi connectivity index (χ2v) is 9.38. The third kappa shape index (κ3) is 4.82. The number of aryl methyl sites for hydroxylation is 1. The molecule has 0 bridgehead atoms. The Morgan fingerprint density at radius 1 is 1.19 bits per heavy atom. The van der Waals surface area contributed by atoms with E-state index in [1.807, 2.05) is 13.2 Å². The molecule has 1 saturated heterocycles. The number of hydrazone groups is 1. The summed E-state index contributed by atoms with van der Waals surface area (Å²) in [5.41, 5.74) is 1.26. The molecule has 1 aromatic carbocycles. The second-order valence-electron chi connectivity index (χ2n) is 9.38. The van der Waals surface area contributed by atoms with Gasteiger partial charge in [0.05, 0.1) is 30.1 Å². The minimum absolute atomic E-state index is 0.00842. The Balaban J connectivity index is 1.44.